The van der Waals surface area contributed by atoms with Crippen molar-refractivity contribution in [3.63, 3.8) is 0 Å². The van der Waals surface area contributed by atoms with Crippen LogP contribution in [0.1, 0.15) is 29.2 Å². The molecule has 1 N–H and O–H groups in total. The molecule has 5 heteroatoms. The van der Waals surface area contributed by atoms with Gasteiger partial charge in [0.1, 0.15) is 6.61 Å². The zero-order chi connectivity index (χ0) is 16.9. The number of rotatable bonds is 5. The van der Waals surface area contributed by atoms with Gasteiger partial charge in [0.15, 0.2) is 11.5 Å². The number of amides is 1. The highest BCUT2D eigenvalue weighted by Gasteiger charge is 2.26. The van der Waals surface area contributed by atoms with E-state index in [9.17, 15) is 4.79 Å². The molecule has 1 amide bonds. The predicted molar refractivity (Wildman–Crippen MR) is 90.4 cm³/mol. The van der Waals surface area contributed by atoms with Crippen LogP contribution in [0.4, 0.5) is 4.79 Å². The molecule has 0 bridgehead atoms. The van der Waals surface area contributed by atoms with Crippen LogP contribution in [-0.2, 0) is 17.8 Å². The van der Waals surface area contributed by atoms with Gasteiger partial charge in [0, 0.05) is 0 Å². The van der Waals surface area contributed by atoms with Crippen LogP contribution in [0.15, 0.2) is 42.5 Å². The molecule has 0 saturated carbocycles. The molecule has 0 aromatic heterocycles. The van der Waals surface area contributed by atoms with E-state index in [0.717, 1.165) is 24.0 Å². The van der Waals surface area contributed by atoms with Gasteiger partial charge in [-0.1, -0.05) is 30.3 Å². The first-order valence-electron chi connectivity index (χ1n) is 7.93. The molecule has 24 heavy (non-hydrogen) atoms. The van der Waals surface area contributed by atoms with Gasteiger partial charge in [-0.25, -0.2) is 4.79 Å². The Kier molecular flexibility index (Phi) is 4.89. The monoisotopic (exact) mass is 327 g/mol. The zero-order valence-corrected chi connectivity index (χ0v) is 13.9. The predicted octanol–water partition coefficient (Wildman–Crippen LogP) is 3.62. The first kappa shape index (κ1) is 16.2. The Labute approximate surface area is 141 Å². The number of ether oxygens (including phenoxy) is 3. The Morgan fingerprint density at radius 2 is 1.83 bits per heavy atom. The van der Waals surface area contributed by atoms with Crippen molar-refractivity contribution in [2.24, 2.45) is 0 Å². The summed E-state index contributed by atoms with van der Waals surface area (Å²) < 4.78 is 16.0. The fourth-order valence-corrected chi connectivity index (χ4v) is 2.99. The lowest BCUT2D eigenvalue weighted by Gasteiger charge is -2.16. The summed E-state index contributed by atoms with van der Waals surface area (Å²) in [4.78, 5) is 12.1. The van der Waals surface area contributed by atoms with Gasteiger partial charge >= 0.3 is 6.09 Å². The fraction of sp³-hybridized carbons (Fsp3) is 0.316. The van der Waals surface area contributed by atoms with Crippen LogP contribution in [0.25, 0.3) is 0 Å². The lowest BCUT2D eigenvalue weighted by atomic mass is 10.1. The topological polar surface area (TPSA) is 56.8 Å². The van der Waals surface area contributed by atoms with Gasteiger partial charge in [0.05, 0.1) is 20.3 Å². The molecule has 0 radical (unpaired) electrons. The Bertz CT molecular complexity index is 715. The van der Waals surface area contributed by atoms with Crippen molar-refractivity contribution >= 4 is 6.09 Å². The van der Waals surface area contributed by atoms with E-state index >= 15 is 0 Å². The van der Waals surface area contributed by atoms with Crippen molar-refractivity contribution in [2.75, 3.05) is 14.2 Å². The third kappa shape index (κ3) is 3.45. The first-order valence-corrected chi connectivity index (χ1v) is 7.93. The number of fused-ring (bicyclic) bond motifs is 1. The highest BCUT2D eigenvalue weighted by Crippen LogP contribution is 2.39. The molecule has 0 fully saturated rings. The van der Waals surface area contributed by atoms with Crippen molar-refractivity contribution in [1.82, 2.24) is 5.32 Å². The molecule has 5 nitrogen and oxygen atoms in total. The second-order valence-corrected chi connectivity index (χ2v) is 5.70. The molecular weight excluding hydrogens is 306 g/mol. The number of nitrogens with one attached hydrogen (secondary N) is 1. The SMILES string of the molecule is COc1cc2c(cc1OC)C(NC(=O)OCc1ccccc1)CC2. The number of benzene rings is 2. The van der Waals surface area contributed by atoms with E-state index in [2.05, 4.69) is 5.32 Å². The number of carbonyl (C=O) groups is 1. The van der Waals surface area contributed by atoms with Crippen molar-refractivity contribution in [3.8, 4) is 11.5 Å². The van der Waals surface area contributed by atoms with Crippen LogP contribution in [0.2, 0.25) is 0 Å². The average Bonchev–Trinajstić information content (AvgIpc) is 3.01. The van der Waals surface area contributed by atoms with Gasteiger partial charge < -0.3 is 19.5 Å². The van der Waals surface area contributed by atoms with Crippen molar-refractivity contribution in [2.45, 2.75) is 25.5 Å². The number of carbonyl (C=O) groups excluding carboxylic acids is 1. The molecule has 2 aromatic carbocycles. The third-order valence-corrected chi connectivity index (χ3v) is 4.23. The molecule has 0 heterocycles. The lowest BCUT2D eigenvalue weighted by Crippen LogP contribution is -2.27. The smallest absolute Gasteiger partial charge is 0.407 e. The average molecular weight is 327 g/mol. The Morgan fingerprint density at radius 1 is 1.12 bits per heavy atom. The van der Waals surface area contributed by atoms with Crippen molar-refractivity contribution in [1.29, 1.82) is 0 Å². The minimum absolute atomic E-state index is 0.0666. The molecule has 1 atom stereocenters. The van der Waals surface area contributed by atoms with E-state index in [1.165, 1.54) is 5.56 Å². The van der Waals surface area contributed by atoms with Crippen LogP contribution >= 0.6 is 0 Å². The number of hydrogen-bond donors (Lipinski definition) is 1. The van der Waals surface area contributed by atoms with Crippen LogP contribution in [0.3, 0.4) is 0 Å². The quantitative estimate of drug-likeness (QED) is 0.911. The molecule has 2 aromatic rings. The summed E-state index contributed by atoms with van der Waals surface area (Å²) in [6.07, 6.45) is 1.32. The summed E-state index contributed by atoms with van der Waals surface area (Å²) in [5, 5.41) is 2.94. The van der Waals surface area contributed by atoms with E-state index in [-0.39, 0.29) is 12.6 Å². The maximum Gasteiger partial charge on any atom is 0.407 e. The first-order chi connectivity index (χ1) is 11.7. The summed E-state index contributed by atoms with van der Waals surface area (Å²) in [6.45, 7) is 0.262. The van der Waals surface area contributed by atoms with Crippen LogP contribution in [0, 0.1) is 0 Å². The molecule has 126 valence electrons. The minimum atomic E-state index is -0.411. The normalized spacial score (nSPS) is 15.5. The van der Waals surface area contributed by atoms with Crippen LogP contribution in [0.5, 0.6) is 11.5 Å². The number of hydrogen-bond acceptors (Lipinski definition) is 4. The molecule has 1 unspecified atom stereocenters. The third-order valence-electron chi connectivity index (χ3n) is 4.23. The highest BCUT2D eigenvalue weighted by atomic mass is 16.5. The Morgan fingerprint density at radius 3 is 2.54 bits per heavy atom. The molecule has 3 rings (SSSR count). The molecule has 0 spiro atoms. The summed E-state index contributed by atoms with van der Waals surface area (Å²) >= 11 is 0. The Hall–Kier alpha value is -2.69. The number of alkyl carbamates (subject to hydrolysis) is 1. The fourth-order valence-electron chi connectivity index (χ4n) is 2.99. The van der Waals surface area contributed by atoms with E-state index in [0.29, 0.717) is 11.5 Å². The largest absolute Gasteiger partial charge is 0.493 e. The van der Waals surface area contributed by atoms with Crippen molar-refractivity contribution < 1.29 is 19.0 Å². The van der Waals surface area contributed by atoms with E-state index in [1.807, 2.05) is 42.5 Å². The van der Waals surface area contributed by atoms with Gasteiger partial charge in [-0.3, -0.25) is 0 Å². The van der Waals surface area contributed by atoms with Crippen molar-refractivity contribution in [3.05, 3.63) is 59.2 Å². The second-order valence-electron chi connectivity index (χ2n) is 5.70. The van der Waals surface area contributed by atoms with E-state index in [1.54, 1.807) is 14.2 Å². The molecule has 0 aliphatic heterocycles. The molecule has 1 aliphatic rings. The van der Waals surface area contributed by atoms with Gasteiger partial charge in [-0.2, -0.15) is 0 Å². The van der Waals surface area contributed by atoms with Gasteiger partial charge in [0.2, 0.25) is 0 Å². The van der Waals surface area contributed by atoms with E-state index < -0.39 is 6.09 Å². The zero-order valence-electron chi connectivity index (χ0n) is 13.9. The number of aryl methyl sites for hydroxylation is 1. The lowest BCUT2D eigenvalue weighted by molar-refractivity contribution is 0.135. The maximum absolute atomic E-state index is 12.1. The summed E-state index contributed by atoms with van der Waals surface area (Å²) in [7, 11) is 3.23. The van der Waals surface area contributed by atoms with Gasteiger partial charge in [-0.05, 0) is 41.7 Å². The van der Waals surface area contributed by atoms with E-state index in [4.69, 9.17) is 14.2 Å². The molecule has 1 aliphatic carbocycles. The number of methoxy groups -OCH3 is 2. The summed E-state index contributed by atoms with van der Waals surface area (Å²) in [5.74, 6) is 1.38. The second kappa shape index (κ2) is 7.25. The summed E-state index contributed by atoms with van der Waals surface area (Å²) in [6, 6.07) is 13.5. The Balaban J connectivity index is 1.64. The van der Waals surface area contributed by atoms with Crippen LogP contribution in [-0.4, -0.2) is 20.3 Å². The molecule has 0 saturated heterocycles. The van der Waals surface area contributed by atoms with Crippen LogP contribution < -0.4 is 14.8 Å². The standard InChI is InChI=1S/C19H21NO4/c1-22-17-10-14-8-9-16(15(14)11-18(17)23-2)20-19(21)24-12-13-6-4-3-5-7-13/h3-7,10-11,16H,8-9,12H2,1-2H3,(H,20,21). The molecular formula is C19H21NO4. The maximum atomic E-state index is 12.1. The minimum Gasteiger partial charge on any atom is -0.493 e. The van der Waals surface area contributed by atoms with Gasteiger partial charge in [-0.15, -0.1) is 0 Å². The highest BCUT2D eigenvalue weighted by molar-refractivity contribution is 5.68. The summed E-state index contributed by atoms with van der Waals surface area (Å²) in [5.41, 5.74) is 3.19. The van der Waals surface area contributed by atoms with Gasteiger partial charge in [0.25, 0.3) is 0 Å².